The second kappa shape index (κ2) is 7.77. The first-order valence-electron chi connectivity index (χ1n) is 6.53. The maximum absolute atomic E-state index is 5.77. The minimum atomic E-state index is 0.351. The van der Waals surface area contributed by atoms with E-state index in [1.54, 1.807) is 13.4 Å². The number of methoxy groups -OCH3 is 1. The van der Waals surface area contributed by atoms with Crippen molar-refractivity contribution in [2.24, 2.45) is 10.7 Å². The second-order valence-electron chi connectivity index (χ2n) is 4.23. The summed E-state index contributed by atoms with van der Waals surface area (Å²) in [5.74, 6) is 1.34. The summed E-state index contributed by atoms with van der Waals surface area (Å²) in [6, 6.07) is 3.66. The zero-order valence-electron chi connectivity index (χ0n) is 11.8. The molecule has 114 valence electrons. The maximum atomic E-state index is 5.77. The van der Waals surface area contributed by atoms with E-state index < -0.39 is 0 Å². The minimum absolute atomic E-state index is 0.351. The van der Waals surface area contributed by atoms with Crippen molar-refractivity contribution in [3.05, 3.63) is 17.9 Å². The number of nitrogens with zero attached hydrogens (tertiary/aromatic N) is 2. The first-order chi connectivity index (χ1) is 10.2. The molecule has 0 aliphatic rings. The van der Waals surface area contributed by atoms with Crippen LogP contribution in [0.2, 0.25) is 0 Å². The number of hydrogen-bond acceptors (Lipinski definition) is 7. The van der Waals surface area contributed by atoms with Crippen molar-refractivity contribution in [2.45, 2.75) is 13.0 Å². The van der Waals surface area contributed by atoms with Crippen LogP contribution in [0.1, 0.15) is 12.2 Å². The molecule has 8 heteroatoms. The molecule has 0 spiro atoms. The molecule has 0 saturated carbocycles. The first-order valence-corrected chi connectivity index (χ1v) is 7.35. The lowest BCUT2D eigenvalue weighted by Crippen LogP contribution is -1.97. The number of anilines is 2. The lowest BCUT2D eigenvalue weighted by atomic mass is 10.3. The molecule has 0 radical (unpaired) electrons. The number of ether oxygens (including phenoxy) is 1. The normalized spacial score (nSPS) is 11.3. The lowest BCUT2D eigenvalue weighted by Gasteiger charge is -1.99. The Kier molecular flexibility index (Phi) is 5.73. The summed E-state index contributed by atoms with van der Waals surface area (Å²) in [6.45, 7) is 1.75. The van der Waals surface area contributed by atoms with E-state index in [0.29, 0.717) is 42.0 Å². The molecule has 0 aliphatic heterocycles. The largest absolute Gasteiger partial charge is 0.458 e. The van der Waals surface area contributed by atoms with Crippen LogP contribution in [0.15, 0.2) is 21.5 Å². The van der Waals surface area contributed by atoms with Gasteiger partial charge in [-0.1, -0.05) is 11.3 Å². The first kappa shape index (κ1) is 15.5. The average Bonchev–Trinajstić information content (AvgIpc) is 3.09. The molecule has 0 aromatic carbocycles. The van der Waals surface area contributed by atoms with Gasteiger partial charge in [0.15, 0.2) is 10.9 Å². The highest BCUT2D eigenvalue weighted by molar-refractivity contribution is 7.20. The molecule has 0 bridgehead atoms. The quantitative estimate of drug-likeness (QED) is 0.390. The molecule has 5 N–H and O–H groups in total. The lowest BCUT2D eigenvalue weighted by molar-refractivity contribution is 0.197. The predicted molar refractivity (Wildman–Crippen MR) is 85.6 cm³/mol. The van der Waals surface area contributed by atoms with E-state index in [0.717, 1.165) is 11.4 Å². The van der Waals surface area contributed by atoms with Crippen molar-refractivity contribution in [1.29, 1.82) is 0 Å². The van der Waals surface area contributed by atoms with E-state index in [9.17, 15) is 0 Å². The van der Waals surface area contributed by atoms with Gasteiger partial charge in [-0.3, -0.25) is 4.99 Å². The Morgan fingerprint density at radius 3 is 3.10 bits per heavy atom. The fourth-order valence-corrected chi connectivity index (χ4v) is 2.39. The predicted octanol–water partition coefficient (Wildman–Crippen LogP) is 1.92. The Hall–Kier alpha value is -1.90. The van der Waals surface area contributed by atoms with Gasteiger partial charge in [-0.25, -0.2) is 4.98 Å². The summed E-state index contributed by atoms with van der Waals surface area (Å²) in [4.78, 5) is 8.52. The van der Waals surface area contributed by atoms with Crippen LogP contribution in [-0.4, -0.2) is 31.6 Å². The van der Waals surface area contributed by atoms with Gasteiger partial charge in [0.2, 0.25) is 0 Å². The molecule has 2 rings (SSSR count). The van der Waals surface area contributed by atoms with Gasteiger partial charge in [0.1, 0.15) is 16.5 Å². The van der Waals surface area contributed by atoms with Gasteiger partial charge in [0.05, 0.1) is 12.9 Å². The maximum Gasteiger partial charge on any atom is 0.182 e. The third kappa shape index (κ3) is 4.28. The molecule has 0 aliphatic carbocycles. The van der Waals surface area contributed by atoms with Crippen molar-refractivity contribution >= 4 is 27.8 Å². The number of rotatable bonds is 8. The molecule has 2 heterocycles. The van der Waals surface area contributed by atoms with Crippen LogP contribution in [0.3, 0.4) is 0 Å². The highest BCUT2D eigenvalue weighted by Gasteiger charge is 2.14. The van der Waals surface area contributed by atoms with Crippen molar-refractivity contribution in [3.8, 4) is 11.5 Å². The number of thiazole rings is 1. The van der Waals surface area contributed by atoms with Gasteiger partial charge in [-0.2, -0.15) is 0 Å². The van der Waals surface area contributed by atoms with Crippen LogP contribution < -0.4 is 16.8 Å². The molecular formula is C13H19N5O2S. The molecule has 0 amide bonds. The fraction of sp³-hybridized carbons (Fsp3) is 0.385. The van der Waals surface area contributed by atoms with Crippen LogP contribution in [-0.2, 0) is 11.3 Å². The van der Waals surface area contributed by atoms with E-state index in [1.807, 2.05) is 12.1 Å². The SMILES string of the molecule is COCCCN=CNc1sc(N)nc1-c1ccc(CN)o1. The minimum Gasteiger partial charge on any atom is -0.458 e. The third-order valence-corrected chi connectivity index (χ3v) is 3.48. The van der Waals surface area contributed by atoms with Gasteiger partial charge in [0, 0.05) is 20.3 Å². The Labute approximate surface area is 127 Å². The summed E-state index contributed by atoms with van der Waals surface area (Å²) in [5.41, 5.74) is 12.0. The highest BCUT2D eigenvalue weighted by Crippen LogP contribution is 2.34. The van der Waals surface area contributed by atoms with E-state index in [4.69, 9.17) is 20.6 Å². The van der Waals surface area contributed by atoms with Gasteiger partial charge < -0.3 is 25.9 Å². The molecule has 2 aromatic rings. The van der Waals surface area contributed by atoms with Crippen LogP contribution in [0.4, 0.5) is 10.1 Å². The van der Waals surface area contributed by atoms with Gasteiger partial charge >= 0.3 is 0 Å². The second-order valence-corrected chi connectivity index (χ2v) is 5.26. The molecular weight excluding hydrogens is 290 g/mol. The molecule has 0 saturated heterocycles. The van der Waals surface area contributed by atoms with Crippen LogP contribution in [0, 0.1) is 0 Å². The summed E-state index contributed by atoms with van der Waals surface area (Å²) < 4.78 is 10.6. The summed E-state index contributed by atoms with van der Waals surface area (Å²) in [6.07, 6.45) is 2.52. The summed E-state index contributed by atoms with van der Waals surface area (Å²) in [7, 11) is 1.67. The van der Waals surface area contributed by atoms with Crippen molar-refractivity contribution in [3.63, 3.8) is 0 Å². The molecule has 21 heavy (non-hydrogen) atoms. The highest BCUT2D eigenvalue weighted by atomic mass is 32.1. The fourth-order valence-electron chi connectivity index (χ4n) is 1.69. The van der Waals surface area contributed by atoms with Gasteiger partial charge in [-0.05, 0) is 18.6 Å². The van der Waals surface area contributed by atoms with Crippen LogP contribution in [0.5, 0.6) is 0 Å². The number of nitrogens with one attached hydrogen (secondary N) is 1. The third-order valence-electron chi connectivity index (χ3n) is 2.66. The molecule has 0 atom stereocenters. The number of hydrogen-bond donors (Lipinski definition) is 3. The molecule has 0 unspecified atom stereocenters. The van der Waals surface area contributed by atoms with Crippen molar-refractivity contribution in [1.82, 2.24) is 4.98 Å². The molecule has 2 aromatic heterocycles. The van der Waals surface area contributed by atoms with Gasteiger partial charge in [0.25, 0.3) is 0 Å². The molecule has 7 nitrogen and oxygen atoms in total. The number of furan rings is 1. The number of nitrogens with two attached hydrogens (primary N) is 2. The number of aromatic nitrogens is 1. The van der Waals surface area contributed by atoms with Crippen molar-refractivity contribution in [2.75, 3.05) is 31.3 Å². The average molecular weight is 309 g/mol. The van der Waals surface area contributed by atoms with E-state index >= 15 is 0 Å². The smallest absolute Gasteiger partial charge is 0.182 e. The number of nitrogen functional groups attached to an aromatic ring is 1. The van der Waals surface area contributed by atoms with E-state index in [2.05, 4.69) is 15.3 Å². The van der Waals surface area contributed by atoms with Crippen LogP contribution >= 0.6 is 11.3 Å². The molecule has 0 fully saturated rings. The Bertz CT molecular complexity index is 593. The standard InChI is InChI=1S/C13H19N5O2S/c1-19-6-2-5-16-8-17-12-11(18-13(15)21-12)10-4-3-9(7-14)20-10/h3-4,8H,2,5-7,14H2,1H3,(H2,15,18)(H,16,17). The van der Waals surface area contributed by atoms with Crippen molar-refractivity contribution < 1.29 is 9.15 Å². The number of aliphatic imine (C=N–C) groups is 1. The topological polar surface area (TPSA) is 112 Å². The summed E-state index contributed by atoms with van der Waals surface area (Å²) in [5, 5.41) is 4.35. The van der Waals surface area contributed by atoms with E-state index in [-0.39, 0.29) is 0 Å². The van der Waals surface area contributed by atoms with Gasteiger partial charge in [-0.15, -0.1) is 0 Å². The van der Waals surface area contributed by atoms with E-state index in [1.165, 1.54) is 11.3 Å². The monoisotopic (exact) mass is 309 g/mol. The Balaban J connectivity index is 2.03. The zero-order chi connectivity index (χ0) is 15.1. The van der Waals surface area contributed by atoms with Crippen LogP contribution in [0.25, 0.3) is 11.5 Å². The Morgan fingerprint density at radius 1 is 1.52 bits per heavy atom. The Morgan fingerprint density at radius 2 is 2.38 bits per heavy atom. The zero-order valence-corrected chi connectivity index (χ0v) is 12.7. The summed E-state index contributed by atoms with van der Waals surface area (Å²) >= 11 is 1.34.